The molecule has 0 spiro atoms. The molecule has 144 valence electrons. The lowest BCUT2D eigenvalue weighted by atomic mass is 10.2. The molecule has 1 aromatic heterocycles. The number of carbonyl (C=O) groups excluding carboxylic acids is 2. The second-order valence-electron chi connectivity index (χ2n) is 6.84. The van der Waals surface area contributed by atoms with Crippen molar-refractivity contribution in [2.45, 2.75) is 32.7 Å². The number of hydrogen-bond donors (Lipinski definition) is 1. The van der Waals surface area contributed by atoms with Crippen LogP contribution in [0.3, 0.4) is 0 Å². The van der Waals surface area contributed by atoms with Gasteiger partial charge in [0.15, 0.2) is 5.76 Å². The smallest absolute Gasteiger partial charge is 0.290 e. The Morgan fingerprint density at radius 1 is 1.30 bits per heavy atom. The van der Waals surface area contributed by atoms with Crippen molar-refractivity contribution in [3.05, 3.63) is 54.0 Å². The van der Waals surface area contributed by atoms with Crippen molar-refractivity contribution < 1.29 is 14.0 Å². The van der Waals surface area contributed by atoms with E-state index in [4.69, 9.17) is 4.42 Å². The molecule has 6 nitrogen and oxygen atoms in total. The lowest BCUT2D eigenvalue weighted by Gasteiger charge is -2.26. The normalized spacial score (nSPS) is 16.4. The highest BCUT2D eigenvalue weighted by Crippen LogP contribution is 2.20. The molecule has 0 bridgehead atoms. The number of furan rings is 1. The molecule has 0 saturated carbocycles. The Labute approximate surface area is 160 Å². The zero-order valence-electron chi connectivity index (χ0n) is 16.0. The Balaban J connectivity index is 1.54. The van der Waals surface area contributed by atoms with Gasteiger partial charge in [0.25, 0.3) is 5.91 Å². The van der Waals surface area contributed by atoms with E-state index in [-0.39, 0.29) is 17.6 Å². The van der Waals surface area contributed by atoms with E-state index in [1.54, 1.807) is 17.0 Å². The quantitative estimate of drug-likeness (QED) is 0.815. The third-order valence-electron chi connectivity index (χ3n) is 4.98. The third-order valence-corrected chi connectivity index (χ3v) is 4.98. The molecule has 1 saturated heterocycles. The summed E-state index contributed by atoms with van der Waals surface area (Å²) in [7, 11) is 0. The standard InChI is InChI=1S/C21H27N3O3/c1-3-23(17-8-4-7-16(2)15-17)13-11-22-20(25)18-9-5-12-24(18)21(26)19-10-6-14-27-19/h4,6-8,10,14-15,18H,3,5,9,11-13H2,1-2H3,(H,22,25). The summed E-state index contributed by atoms with van der Waals surface area (Å²) >= 11 is 0. The van der Waals surface area contributed by atoms with E-state index in [1.807, 2.05) is 6.07 Å². The van der Waals surface area contributed by atoms with E-state index < -0.39 is 6.04 Å². The first-order valence-electron chi connectivity index (χ1n) is 9.54. The topological polar surface area (TPSA) is 65.8 Å². The molecular formula is C21H27N3O3. The monoisotopic (exact) mass is 369 g/mol. The molecule has 1 atom stereocenters. The van der Waals surface area contributed by atoms with Crippen LogP contribution in [0.2, 0.25) is 0 Å². The fourth-order valence-corrected chi connectivity index (χ4v) is 3.55. The van der Waals surface area contributed by atoms with E-state index >= 15 is 0 Å². The van der Waals surface area contributed by atoms with Crippen LogP contribution in [0.1, 0.15) is 35.9 Å². The van der Waals surface area contributed by atoms with E-state index in [2.05, 4.69) is 42.3 Å². The Hall–Kier alpha value is -2.76. The number of rotatable bonds is 7. The van der Waals surface area contributed by atoms with Gasteiger partial charge in [0.1, 0.15) is 6.04 Å². The number of nitrogens with zero attached hydrogens (tertiary/aromatic N) is 2. The maximum absolute atomic E-state index is 12.6. The van der Waals surface area contributed by atoms with E-state index in [0.29, 0.717) is 19.5 Å². The van der Waals surface area contributed by atoms with Crippen LogP contribution in [0.15, 0.2) is 47.1 Å². The van der Waals surface area contributed by atoms with Crippen LogP contribution in [-0.4, -0.2) is 48.9 Å². The van der Waals surface area contributed by atoms with Crippen LogP contribution in [-0.2, 0) is 4.79 Å². The van der Waals surface area contributed by atoms with Gasteiger partial charge in [0.05, 0.1) is 6.26 Å². The van der Waals surface area contributed by atoms with Crippen LogP contribution in [0.5, 0.6) is 0 Å². The molecule has 1 N–H and O–H groups in total. The van der Waals surface area contributed by atoms with Gasteiger partial charge in [-0.15, -0.1) is 0 Å². The van der Waals surface area contributed by atoms with Crippen molar-refractivity contribution in [1.82, 2.24) is 10.2 Å². The second kappa shape index (κ2) is 8.75. The summed E-state index contributed by atoms with van der Waals surface area (Å²) in [5.74, 6) is -0.0217. The lowest BCUT2D eigenvalue weighted by Crippen LogP contribution is -2.47. The molecule has 1 aliphatic rings. The first-order chi connectivity index (χ1) is 13.1. The fourth-order valence-electron chi connectivity index (χ4n) is 3.55. The number of benzene rings is 1. The van der Waals surface area contributed by atoms with Crippen molar-refractivity contribution in [2.24, 2.45) is 0 Å². The molecule has 27 heavy (non-hydrogen) atoms. The van der Waals surface area contributed by atoms with E-state index in [9.17, 15) is 9.59 Å². The molecule has 2 heterocycles. The molecule has 1 aromatic carbocycles. The van der Waals surface area contributed by atoms with Crippen molar-refractivity contribution >= 4 is 17.5 Å². The minimum atomic E-state index is -0.420. The fraction of sp³-hybridized carbons (Fsp3) is 0.429. The van der Waals surface area contributed by atoms with Crippen molar-refractivity contribution in [1.29, 1.82) is 0 Å². The molecule has 6 heteroatoms. The molecule has 2 amide bonds. The number of amides is 2. The van der Waals surface area contributed by atoms with Crippen LogP contribution in [0.25, 0.3) is 0 Å². The Morgan fingerprint density at radius 2 is 2.15 bits per heavy atom. The number of likely N-dealkylation sites (N-methyl/N-ethyl adjacent to an activating group) is 1. The molecule has 0 radical (unpaired) electrons. The maximum atomic E-state index is 12.6. The van der Waals surface area contributed by atoms with Crippen LogP contribution in [0, 0.1) is 6.92 Å². The average Bonchev–Trinajstić information content (AvgIpc) is 3.36. The average molecular weight is 369 g/mol. The molecule has 0 aliphatic carbocycles. The summed E-state index contributed by atoms with van der Waals surface area (Å²) < 4.78 is 5.19. The number of nitrogens with one attached hydrogen (secondary N) is 1. The number of hydrogen-bond acceptors (Lipinski definition) is 4. The summed E-state index contributed by atoms with van der Waals surface area (Å²) in [4.78, 5) is 29.0. The van der Waals surface area contributed by atoms with Gasteiger partial charge in [-0.2, -0.15) is 0 Å². The zero-order valence-corrected chi connectivity index (χ0v) is 16.0. The molecule has 2 aromatic rings. The lowest BCUT2D eigenvalue weighted by molar-refractivity contribution is -0.124. The minimum absolute atomic E-state index is 0.0901. The van der Waals surface area contributed by atoms with E-state index in [1.165, 1.54) is 11.8 Å². The Morgan fingerprint density at radius 3 is 2.85 bits per heavy atom. The summed E-state index contributed by atoms with van der Waals surface area (Å²) in [6.45, 7) is 6.90. The highest BCUT2D eigenvalue weighted by atomic mass is 16.3. The van der Waals surface area contributed by atoms with Gasteiger partial charge in [0, 0.05) is 31.9 Å². The first-order valence-corrected chi connectivity index (χ1v) is 9.54. The second-order valence-corrected chi connectivity index (χ2v) is 6.84. The SMILES string of the molecule is CCN(CCNC(=O)C1CCCN1C(=O)c1ccco1)c1cccc(C)c1. The molecule has 1 unspecified atom stereocenters. The van der Waals surface area contributed by atoms with Gasteiger partial charge >= 0.3 is 0 Å². The largest absolute Gasteiger partial charge is 0.459 e. The Bertz CT molecular complexity index is 773. The third kappa shape index (κ3) is 4.51. The van der Waals surface area contributed by atoms with Crippen LogP contribution < -0.4 is 10.2 Å². The van der Waals surface area contributed by atoms with E-state index in [0.717, 1.165) is 25.2 Å². The number of likely N-dealkylation sites (tertiary alicyclic amines) is 1. The summed E-state index contributed by atoms with van der Waals surface area (Å²) in [6, 6.07) is 11.2. The summed E-state index contributed by atoms with van der Waals surface area (Å²) in [6.07, 6.45) is 2.99. The number of carbonyl (C=O) groups is 2. The summed E-state index contributed by atoms with van der Waals surface area (Å²) in [5.41, 5.74) is 2.37. The van der Waals surface area contributed by atoms with Gasteiger partial charge in [-0.1, -0.05) is 12.1 Å². The molecule has 1 fully saturated rings. The molecule has 3 rings (SSSR count). The zero-order chi connectivity index (χ0) is 19.2. The van der Waals surface area contributed by atoms with Crippen LogP contribution in [0.4, 0.5) is 5.69 Å². The van der Waals surface area contributed by atoms with Gasteiger partial charge < -0.3 is 19.5 Å². The first kappa shape index (κ1) is 19.0. The Kier molecular flexibility index (Phi) is 6.16. The number of anilines is 1. The van der Waals surface area contributed by atoms with Gasteiger partial charge in [0.2, 0.25) is 5.91 Å². The minimum Gasteiger partial charge on any atom is -0.459 e. The van der Waals surface area contributed by atoms with Crippen molar-refractivity contribution in [3.63, 3.8) is 0 Å². The predicted molar refractivity (Wildman–Crippen MR) is 105 cm³/mol. The highest BCUT2D eigenvalue weighted by Gasteiger charge is 2.35. The molecule has 1 aliphatic heterocycles. The van der Waals surface area contributed by atoms with Crippen molar-refractivity contribution in [3.8, 4) is 0 Å². The van der Waals surface area contributed by atoms with Gasteiger partial charge in [-0.25, -0.2) is 0 Å². The summed E-state index contributed by atoms with van der Waals surface area (Å²) in [5, 5.41) is 3.00. The number of aryl methyl sites for hydroxylation is 1. The molecular weight excluding hydrogens is 342 g/mol. The maximum Gasteiger partial charge on any atom is 0.290 e. The predicted octanol–water partition coefficient (Wildman–Crippen LogP) is 2.84. The van der Waals surface area contributed by atoms with Crippen molar-refractivity contribution in [2.75, 3.05) is 31.1 Å². The van der Waals surface area contributed by atoms with Gasteiger partial charge in [-0.05, 0) is 56.5 Å². The highest BCUT2D eigenvalue weighted by molar-refractivity contribution is 5.95. The van der Waals surface area contributed by atoms with Crippen LogP contribution >= 0.6 is 0 Å². The van der Waals surface area contributed by atoms with Gasteiger partial charge in [-0.3, -0.25) is 9.59 Å².